The van der Waals surface area contributed by atoms with Crippen molar-refractivity contribution in [3.63, 3.8) is 0 Å². The molecule has 0 N–H and O–H groups in total. The predicted molar refractivity (Wildman–Crippen MR) is 86.5 cm³/mol. The Morgan fingerprint density at radius 1 is 1.26 bits per heavy atom. The van der Waals surface area contributed by atoms with Gasteiger partial charge >= 0.3 is 0 Å². The summed E-state index contributed by atoms with van der Waals surface area (Å²) >= 11 is 14.0. The number of aryl methyl sites for hydroxylation is 1. The maximum absolute atomic E-state index is 6.07. The van der Waals surface area contributed by atoms with Crippen LogP contribution in [0, 0.1) is 0 Å². The monoisotopic (exact) mass is 316 g/mol. The van der Waals surface area contributed by atoms with Crippen molar-refractivity contribution in [1.82, 2.24) is 9.55 Å². The highest BCUT2D eigenvalue weighted by Crippen LogP contribution is 2.22. The van der Waals surface area contributed by atoms with E-state index in [0.717, 1.165) is 34.8 Å². The number of benzene rings is 1. The molecule has 19 heavy (non-hydrogen) atoms. The van der Waals surface area contributed by atoms with Crippen molar-refractivity contribution in [1.29, 1.82) is 0 Å². The van der Waals surface area contributed by atoms with Gasteiger partial charge in [-0.2, -0.15) is 11.8 Å². The van der Waals surface area contributed by atoms with Crippen molar-refractivity contribution in [2.45, 2.75) is 31.7 Å². The summed E-state index contributed by atoms with van der Waals surface area (Å²) in [6, 6.07) is 5.80. The number of alkyl halides is 1. The average Bonchev–Trinajstić information content (AvgIpc) is 2.76. The molecule has 1 heterocycles. The van der Waals surface area contributed by atoms with E-state index in [0.29, 0.717) is 5.88 Å². The van der Waals surface area contributed by atoms with Gasteiger partial charge in [-0.15, -0.1) is 11.6 Å². The number of unbranched alkanes of at least 4 members (excludes halogenated alkanes) is 2. The number of halogens is 2. The summed E-state index contributed by atoms with van der Waals surface area (Å²) in [5.41, 5.74) is 2.07. The van der Waals surface area contributed by atoms with Crippen molar-refractivity contribution in [3.8, 4) is 0 Å². The molecule has 0 saturated heterocycles. The smallest absolute Gasteiger partial charge is 0.124 e. The second kappa shape index (κ2) is 7.41. The van der Waals surface area contributed by atoms with Crippen LogP contribution in [0.15, 0.2) is 18.2 Å². The van der Waals surface area contributed by atoms with Gasteiger partial charge in [-0.3, -0.25) is 0 Å². The van der Waals surface area contributed by atoms with Crippen molar-refractivity contribution in [2.24, 2.45) is 0 Å². The first-order chi connectivity index (χ1) is 9.26. The molecule has 0 saturated carbocycles. The summed E-state index contributed by atoms with van der Waals surface area (Å²) in [7, 11) is 0. The van der Waals surface area contributed by atoms with Crippen molar-refractivity contribution >= 4 is 46.0 Å². The zero-order valence-electron chi connectivity index (χ0n) is 11.0. The molecule has 1 aromatic carbocycles. The summed E-state index contributed by atoms with van der Waals surface area (Å²) in [6.07, 6.45) is 5.81. The highest BCUT2D eigenvalue weighted by Gasteiger charge is 2.09. The topological polar surface area (TPSA) is 17.8 Å². The van der Waals surface area contributed by atoms with Crippen LogP contribution in [0.2, 0.25) is 5.02 Å². The largest absolute Gasteiger partial charge is 0.327 e. The molecule has 2 rings (SSSR count). The van der Waals surface area contributed by atoms with Crippen LogP contribution in [0.5, 0.6) is 0 Å². The Labute approximate surface area is 128 Å². The second-order valence-corrected chi connectivity index (χ2v) is 6.19. The van der Waals surface area contributed by atoms with Crippen LogP contribution in [-0.4, -0.2) is 21.6 Å². The molecule has 5 heteroatoms. The number of hydrogen-bond donors (Lipinski definition) is 0. The van der Waals surface area contributed by atoms with Crippen LogP contribution in [0.3, 0.4) is 0 Å². The SMILES string of the molecule is CSCCCCCn1c(CCl)nc2ccc(Cl)cc21. The molecule has 2 aromatic rings. The molecule has 0 aliphatic heterocycles. The minimum atomic E-state index is 0.442. The molecule has 104 valence electrons. The molecule has 1 aromatic heterocycles. The Kier molecular flexibility index (Phi) is 5.86. The van der Waals surface area contributed by atoms with E-state index >= 15 is 0 Å². The van der Waals surface area contributed by atoms with E-state index in [1.54, 1.807) is 0 Å². The third-order valence-electron chi connectivity index (χ3n) is 3.14. The van der Waals surface area contributed by atoms with Crippen molar-refractivity contribution in [2.75, 3.05) is 12.0 Å². The number of rotatable bonds is 7. The maximum atomic E-state index is 6.07. The van der Waals surface area contributed by atoms with Gasteiger partial charge in [-0.1, -0.05) is 18.0 Å². The van der Waals surface area contributed by atoms with E-state index in [1.807, 2.05) is 30.0 Å². The summed E-state index contributed by atoms with van der Waals surface area (Å²) in [5, 5.41) is 0.747. The van der Waals surface area contributed by atoms with Gasteiger partial charge in [0.25, 0.3) is 0 Å². The van der Waals surface area contributed by atoms with Gasteiger partial charge in [0.05, 0.1) is 16.9 Å². The third kappa shape index (κ3) is 3.80. The number of fused-ring (bicyclic) bond motifs is 1. The lowest BCUT2D eigenvalue weighted by Gasteiger charge is -2.07. The third-order valence-corrected chi connectivity index (χ3v) is 4.31. The number of nitrogens with zero attached hydrogens (tertiary/aromatic N) is 2. The van der Waals surface area contributed by atoms with Gasteiger partial charge in [0, 0.05) is 11.6 Å². The molecule has 2 nitrogen and oxygen atoms in total. The van der Waals surface area contributed by atoms with Crippen LogP contribution >= 0.6 is 35.0 Å². The first kappa shape index (κ1) is 15.0. The van der Waals surface area contributed by atoms with Crippen LogP contribution in [0.25, 0.3) is 11.0 Å². The van der Waals surface area contributed by atoms with Crippen LogP contribution in [0.4, 0.5) is 0 Å². The summed E-state index contributed by atoms with van der Waals surface area (Å²) in [4.78, 5) is 4.56. The van der Waals surface area contributed by atoms with Crippen LogP contribution < -0.4 is 0 Å². The van der Waals surface area contributed by atoms with E-state index in [9.17, 15) is 0 Å². The summed E-state index contributed by atoms with van der Waals surface area (Å²) in [5.74, 6) is 2.61. The van der Waals surface area contributed by atoms with Gasteiger partial charge in [-0.05, 0) is 43.0 Å². The Balaban J connectivity index is 2.13. The molecule has 0 aliphatic carbocycles. The second-order valence-electron chi connectivity index (χ2n) is 4.50. The predicted octanol–water partition coefficient (Wildman–Crippen LogP) is 4.96. The van der Waals surface area contributed by atoms with E-state index in [-0.39, 0.29) is 0 Å². The summed E-state index contributed by atoms with van der Waals surface area (Å²) in [6.45, 7) is 0.966. The number of aromatic nitrogens is 2. The minimum Gasteiger partial charge on any atom is -0.327 e. The fourth-order valence-corrected chi connectivity index (χ4v) is 3.05. The Morgan fingerprint density at radius 2 is 2.11 bits per heavy atom. The Morgan fingerprint density at radius 3 is 2.84 bits per heavy atom. The van der Waals surface area contributed by atoms with Gasteiger partial charge in [0.15, 0.2) is 0 Å². The van der Waals surface area contributed by atoms with E-state index < -0.39 is 0 Å². The molecule has 0 bridgehead atoms. The zero-order chi connectivity index (χ0) is 13.7. The molecule has 0 atom stereocenters. The average molecular weight is 317 g/mol. The molecule has 0 radical (unpaired) electrons. The molecule has 0 unspecified atom stereocenters. The van der Waals surface area contributed by atoms with Crippen LogP contribution in [-0.2, 0) is 12.4 Å². The zero-order valence-corrected chi connectivity index (χ0v) is 13.4. The highest BCUT2D eigenvalue weighted by atomic mass is 35.5. The molecule has 0 aliphatic rings. The molecular weight excluding hydrogens is 299 g/mol. The van der Waals surface area contributed by atoms with Gasteiger partial charge in [-0.25, -0.2) is 4.98 Å². The quantitative estimate of drug-likeness (QED) is 0.530. The van der Waals surface area contributed by atoms with Gasteiger partial charge in [0.1, 0.15) is 5.82 Å². The van der Waals surface area contributed by atoms with E-state index in [1.165, 1.54) is 18.6 Å². The number of imidazole rings is 1. The fourth-order valence-electron chi connectivity index (χ4n) is 2.19. The fraction of sp³-hybridized carbons (Fsp3) is 0.500. The number of thioether (sulfide) groups is 1. The van der Waals surface area contributed by atoms with Gasteiger partial charge in [0.2, 0.25) is 0 Å². The van der Waals surface area contributed by atoms with Crippen LogP contribution in [0.1, 0.15) is 25.1 Å². The van der Waals surface area contributed by atoms with Crippen molar-refractivity contribution in [3.05, 3.63) is 29.0 Å². The lowest BCUT2D eigenvalue weighted by molar-refractivity contribution is 0.602. The Hall–Kier alpha value is -0.380. The lowest BCUT2D eigenvalue weighted by Crippen LogP contribution is -2.02. The molecule has 0 fully saturated rings. The Bertz CT molecular complexity index is 539. The maximum Gasteiger partial charge on any atom is 0.124 e. The first-order valence-electron chi connectivity index (χ1n) is 6.46. The highest BCUT2D eigenvalue weighted by molar-refractivity contribution is 7.98. The molecule has 0 spiro atoms. The number of hydrogen-bond acceptors (Lipinski definition) is 2. The standard InChI is InChI=1S/C14H18Cl2N2S/c1-19-8-4-2-3-7-18-13-9-11(16)5-6-12(13)17-14(18)10-15/h5-6,9H,2-4,7-8,10H2,1H3. The van der Waals surface area contributed by atoms with Crippen molar-refractivity contribution < 1.29 is 0 Å². The van der Waals surface area contributed by atoms with E-state index in [4.69, 9.17) is 23.2 Å². The molecule has 0 amide bonds. The summed E-state index contributed by atoms with van der Waals surface area (Å²) < 4.78 is 2.20. The first-order valence-corrected chi connectivity index (χ1v) is 8.76. The van der Waals surface area contributed by atoms with E-state index in [2.05, 4.69) is 15.8 Å². The van der Waals surface area contributed by atoms with Gasteiger partial charge < -0.3 is 4.57 Å². The minimum absolute atomic E-state index is 0.442. The lowest BCUT2D eigenvalue weighted by atomic mass is 10.2. The normalized spacial score (nSPS) is 11.3. The molecular formula is C14H18Cl2N2S.